The molecular formula is C34H37F3N4O5S. The molecule has 13 heteroatoms. The topological polar surface area (TPSA) is 119 Å². The molecule has 4 heterocycles. The van der Waals surface area contributed by atoms with Crippen molar-refractivity contribution in [1.82, 2.24) is 19.8 Å². The number of alkyl halides is 3. The Morgan fingerprint density at radius 3 is 2.64 bits per heavy atom. The minimum atomic E-state index is -4.57. The van der Waals surface area contributed by atoms with Crippen LogP contribution in [-0.4, -0.2) is 74.3 Å². The standard InChI is InChI=1S/C34H37F3N4O5S/c35-34(36,37)32-38-26(20-47-32)31(45)41-16-17-46-33(21-41)12-14-40(15-13-33)19-23-6-3-5-22(18-23)4-1-2-7-27(42)24-8-10-28(43)30-25(24)9-11-29(44)39-30/h3,5-6,8-11,18,20,27,42-43H,1-2,4,7,12-17,19,21H2,(H,39,44)/t27-/m0/s1. The van der Waals surface area contributed by atoms with Gasteiger partial charge in [-0.2, -0.15) is 13.2 Å². The van der Waals surface area contributed by atoms with Crippen LogP contribution in [0, 0.1) is 0 Å². The van der Waals surface area contributed by atoms with Crippen LogP contribution in [0.15, 0.2) is 58.7 Å². The van der Waals surface area contributed by atoms with Gasteiger partial charge < -0.3 is 24.8 Å². The van der Waals surface area contributed by atoms with Gasteiger partial charge in [0.15, 0.2) is 5.01 Å². The minimum Gasteiger partial charge on any atom is -0.506 e. The number of thiazole rings is 1. The number of aromatic amines is 1. The molecule has 2 aliphatic rings. The van der Waals surface area contributed by atoms with Crippen LogP contribution in [0.5, 0.6) is 5.75 Å². The van der Waals surface area contributed by atoms with Gasteiger partial charge >= 0.3 is 6.18 Å². The second-order valence-corrected chi connectivity index (χ2v) is 13.3. The molecule has 0 bridgehead atoms. The third-order valence-electron chi connectivity index (χ3n) is 9.13. The summed E-state index contributed by atoms with van der Waals surface area (Å²) in [4.78, 5) is 34.8. The van der Waals surface area contributed by atoms with Crippen LogP contribution in [0.1, 0.15) is 70.4 Å². The van der Waals surface area contributed by atoms with Crippen LogP contribution in [0.4, 0.5) is 13.2 Å². The van der Waals surface area contributed by atoms with E-state index in [9.17, 15) is 33.0 Å². The quantitative estimate of drug-likeness (QED) is 0.197. The number of unbranched alkanes of at least 4 members (excludes halogenated alkanes) is 1. The summed E-state index contributed by atoms with van der Waals surface area (Å²) in [5, 5.41) is 21.8. The van der Waals surface area contributed by atoms with E-state index in [2.05, 4.69) is 39.1 Å². The van der Waals surface area contributed by atoms with Crippen molar-refractivity contribution in [3.63, 3.8) is 0 Å². The molecule has 2 aliphatic heterocycles. The molecule has 47 heavy (non-hydrogen) atoms. The summed E-state index contributed by atoms with van der Waals surface area (Å²) in [6, 6.07) is 14.7. The number of halogens is 3. The third-order valence-corrected chi connectivity index (χ3v) is 10.0. The molecule has 1 atom stereocenters. The van der Waals surface area contributed by atoms with E-state index in [1.807, 2.05) is 0 Å². The number of piperidine rings is 1. The molecule has 0 aliphatic carbocycles. The Kier molecular flexibility index (Phi) is 9.70. The average molecular weight is 671 g/mol. The van der Waals surface area contributed by atoms with Crippen molar-refractivity contribution in [2.45, 2.75) is 63.0 Å². The van der Waals surface area contributed by atoms with E-state index in [0.29, 0.717) is 53.9 Å². The largest absolute Gasteiger partial charge is 0.506 e. The van der Waals surface area contributed by atoms with Gasteiger partial charge in [-0.3, -0.25) is 14.5 Å². The number of aliphatic hydroxyl groups excluding tert-OH is 1. The number of H-pyrrole nitrogens is 1. The summed E-state index contributed by atoms with van der Waals surface area (Å²) >= 11 is 0.437. The number of phenols is 1. The molecule has 2 saturated heterocycles. The fourth-order valence-electron chi connectivity index (χ4n) is 6.62. The highest BCUT2D eigenvalue weighted by Gasteiger charge is 2.42. The highest BCUT2D eigenvalue weighted by atomic mass is 32.1. The summed E-state index contributed by atoms with van der Waals surface area (Å²) in [6.07, 6.45) is -0.729. The molecule has 4 aromatic rings. The number of carbonyl (C=O) groups excluding carboxylic acids is 1. The lowest BCUT2D eigenvalue weighted by Crippen LogP contribution is -2.58. The first-order valence-corrected chi connectivity index (χ1v) is 16.7. The van der Waals surface area contributed by atoms with E-state index in [0.717, 1.165) is 51.7 Å². The summed E-state index contributed by atoms with van der Waals surface area (Å²) in [5.74, 6) is -0.515. The van der Waals surface area contributed by atoms with Gasteiger partial charge in [-0.05, 0) is 60.9 Å². The highest BCUT2D eigenvalue weighted by Crippen LogP contribution is 2.35. The van der Waals surface area contributed by atoms with Gasteiger partial charge in [-0.25, -0.2) is 4.98 Å². The number of aliphatic hydroxyl groups is 1. The Morgan fingerprint density at radius 2 is 1.87 bits per heavy atom. The maximum Gasteiger partial charge on any atom is 0.443 e. The fourth-order valence-corrected chi connectivity index (χ4v) is 7.28. The lowest BCUT2D eigenvalue weighted by Gasteiger charge is -2.47. The first kappa shape index (κ1) is 33.1. The van der Waals surface area contributed by atoms with Gasteiger partial charge in [0.25, 0.3) is 5.91 Å². The average Bonchev–Trinajstić information content (AvgIpc) is 3.56. The fraction of sp³-hybridized carbons (Fsp3) is 0.441. The normalized spacial score (nSPS) is 17.7. The van der Waals surface area contributed by atoms with Gasteiger partial charge in [0.05, 0.1) is 30.4 Å². The number of likely N-dealkylation sites (tertiary alicyclic amines) is 1. The number of morpholine rings is 1. The Balaban J connectivity index is 0.972. The number of phenolic OH excluding ortho intramolecular Hbond substituents is 1. The van der Waals surface area contributed by atoms with Crippen molar-refractivity contribution in [3.05, 3.63) is 91.7 Å². The van der Waals surface area contributed by atoms with Crippen LogP contribution in [0.25, 0.3) is 10.9 Å². The van der Waals surface area contributed by atoms with E-state index in [-0.39, 0.29) is 17.0 Å². The van der Waals surface area contributed by atoms with Crippen molar-refractivity contribution in [3.8, 4) is 5.75 Å². The molecule has 2 fully saturated rings. The molecule has 1 spiro atoms. The molecule has 2 aromatic heterocycles. The van der Waals surface area contributed by atoms with Crippen LogP contribution >= 0.6 is 11.3 Å². The van der Waals surface area contributed by atoms with Gasteiger partial charge in [0, 0.05) is 43.0 Å². The van der Waals surface area contributed by atoms with Crippen LogP contribution in [-0.2, 0) is 23.9 Å². The maximum absolute atomic E-state index is 13.0. The Bertz CT molecular complexity index is 1780. The zero-order valence-electron chi connectivity index (χ0n) is 25.8. The Labute approximate surface area is 273 Å². The smallest absolute Gasteiger partial charge is 0.443 e. The second-order valence-electron chi connectivity index (χ2n) is 12.4. The number of fused-ring (bicyclic) bond motifs is 1. The Morgan fingerprint density at radius 1 is 1.09 bits per heavy atom. The number of hydrogen-bond donors (Lipinski definition) is 3. The number of aryl methyl sites for hydroxylation is 1. The number of pyridine rings is 1. The van der Waals surface area contributed by atoms with Gasteiger partial charge in [0.1, 0.15) is 11.4 Å². The van der Waals surface area contributed by atoms with Gasteiger partial charge in [0.2, 0.25) is 5.56 Å². The monoisotopic (exact) mass is 670 g/mol. The number of aromatic hydroxyl groups is 1. The number of carbonyl (C=O) groups is 1. The Hall–Kier alpha value is -3.78. The lowest BCUT2D eigenvalue weighted by atomic mass is 9.89. The maximum atomic E-state index is 13.0. The molecule has 0 unspecified atom stereocenters. The predicted octanol–water partition coefficient (Wildman–Crippen LogP) is 5.66. The number of benzene rings is 2. The number of rotatable bonds is 9. The number of nitrogens with one attached hydrogen (secondary N) is 1. The molecule has 9 nitrogen and oxygen atoms in total. The molecule has 1 amide bonds. The number of aromatic nitrogens is 2. The molecule has 6 rings (SSSR count). The van der Waals surface area contributed by atoms with Crippen molar-refractivity contribution in [2.75, 3.05) is 32.8 Å². The van der Waals surface area contributed by atoms with Crippen molar-refractivity contribution >= 4 is 28.1 Å². The van der Waals surface area contributed by atoms with E-state index in [4.69, 9.17) is 4.74 Å². The number of nitrogens with zero attached hydrogens (tertiary/aromatic N) is 3. The number of amides is 1. The molecule has 250 valence electrons. The van der Waals surface area contributed by atoms with Crippen LogP contribution < -0.4 is 5.56 Å². The van der Waals surface area contributed by atoms with Crippen LogP contribution in [0.2, 0.25) is 0 Å². The van der Waals surface area contributed by atoms with Crippen molar-refractivity contribution in [1.29, 1.82) is 0 Å². The molecule has 2 aromatic carbocycles. The first-order chi connectivity index (χ1) is 22.5. The zero-order chi connectivity index (χ0) is 33.2. The molecule has 3 N–H and O–H groups in total. The van der Waals surface area contributed by atoms with E-state index in [1.165, 1.54) is 28.6 Å². The van der Waals surface area contributed by atoms with Crippen LogP contribution in [0.3, 0.4) is 0 Å². The van der Waals surface area contributed by atoms with E-state index in [1.54, 1.807) is 17.0 Å². The summed E-state index contributed by atoms with van der Waals surface area (Å²) in [6.45, 7) is 3.33. The zero-order valence-corrected chi connectivity index (χ0v) is 26.6. The number of hydrogen-bond acceptors (Lipinski definition) is 8. The predicted molar refractivity (Wildman–Crippen MR) is 171 cm³/mol. The van der Waals surface area contributed by atoms with Gasteiger partial charge in [-0.1, -0.05) is 36.8 Å². The van der Waals surface area contributed by atoms with E-state index >= 15 is 0 Å². The minimum absolute atomic E-state index is 0.0285. The van der Waals surface area contributed by atoms with Gasteiger partial charge in [-0.15, -0.1) is 11.3 Å². The molecule has 0 radical (unpaired) electrons. The first-order valence-electron chi connectivity index (χ1n) is 15.8. The van der Waals surface area contributed by atoms with E-state index < -0.39 is 28.8 Å². The molecular weight excluding hydrogens is 633 g/mol. The summed E-state index contributed by atoms with van der Waals surface area (Å²) in [5.41, 5.74) is 2.44. The summed E-state index contributed by atoms with van der Waals surface area (Å²) < 4.78 is 45.1. The third kappa shape index (κ3) is 7.69. The highest BCUT2D eigenvalue weighted by molar-refractivity contribution is 7.10. The van der Waals surface area contributed by atoms with Crippen molar-refractivity contribution in [2.24, 2.45) is 0 Å². The number of ether oxygens (including phenoxy) is 1. The van der Waals surface area contributed by atoms with Crippen molar-refractivity contribution < 1.29 is 32.9 Å². The SMILES string of the molecule is O=C(c1csc(C(F)(F)F)n1)N1CCOC2(CCN(Cc3cccc(CCCC[C@H](O)c4ccc(O)c5[nH]c(=O)ccc45)c3)CC2)C1. The molecule has 0 saturated carbocycles. The lowest BCUT2D eigenvalue weighted by molar-refractivity contribution is -0.137. The summed E-state index contributed by atoms with van der Waals surface area (Å²) in [7, 11) is 0. The second kappa shape index (κ2) is 13.8.